The summed E-state index contributed by atoms with van der Waals surface area (Å²) in [5.41, 5.74) is 9.87. The fourth-order valence-electron chi connectivity index (χ4n) is 4.89. The van der Waals surface area contributed by atoms with Crippen LogP contribution in [-0.2, 0) is 0 Å². The zero-order valence-corrected chi connectivity index (χ0v) is 25.8. The highest BCUT2D eigenvalue weighted by molar-refractivity contribution is 7.11. The van der Waals surface area contributed by atoms with Crippen molar-refractivity contribution in [2.24, 2.45) is 0 Å². The van der Waals surface area contributed by atoms with Crippen molar-refractivity contribution in [2.45, 2.75) is 87.6 Å². The molecule has 40 heavy (non-hydrogen) atoms. The van der Waals surface area contributed by atoms with E-state index in [1.54, 1.807) is 24.3 Å². The number of hydrogen-bond acceptors (Lipinski definition) is 3. The van der Waals surface area contributed by atoms with Crippen molar-refractivity contribution in [1.29, 1.82) is 0 Å². The van der Waals surface area contributed by atoms with Crippen molar-refractivity contribution in [1.82, 2.24) is 9.88 Å². The second-order valence-corrected chi connectivity index (χ2v) is 12.0. The Kier molecular flexibility index (Phi) is 11.9. The Morgan fingerprint density at radius 1 is 0.800 bits per heavy atom. The third-order valence-electron chi connectivity index (χ3n) is 7.04. The molecule has 4 heteroatoms. The smallest absolute Gasteiger partial charge is 0.126 e. The van der Waals surface area contributed by atoms with Crippen LogP contribution in [0.1, 0.15) is 99.2 Å². The number of hydrogen-bond donors (Lipinski definition) is 0. The normalized spacial score (nSPS) is 12.1. The molecule has 0 amide bonds. The van der Waals surface area contributed by atoms with Crippen LogP contribution in [0.15, 0.2) is 66.8 Å². The van der Waals surface area contributed by atoms with E-state index in [2.05, 4.69) is 108 Å². The maximum atomic E-state index is 13.1. The molecule has 0 fully saturated rings. The summed E-state index contributed by atoms with van der Waals surface area (Å²) in [4.78, 5) is 7.60. The summed E-state index contributed by atoms with van der Waals surface area (Å²) >= 11 is 1.65. The van der Waals surface area contributed by atoms with E-state index in [0.717, 1.165) is 22.5 Å². The Balaban J connectivity index is 0.000000208. The Bertz CT molecular complexity index is 1460. The molecule has 0 unspecified atom stereocenters. The predicted octanol–water partition coefficient (Wildman–Crippen LogP) is 11.3. The van der Waals surface area contributed by atoms with Gasteiger partial charge in [-0.05, 0) is 97.2 Å². The average molecular weight is 559 g/mol. The molecule has 0 aliphatic carbocycles. The van der Waals surface area contributed by atoms with Gasteiger partial charge in [-0.15, -0.1) is 11.3 Å². The summed E-state index contributed by atoms with van der Waals surface area (Å²) in [7, 11) is 0. The van der Waals surface area contributed by atoms with Gasteiger partial charge in [0, 0.05) is 12.2 Å². The molecule has 3 aromatic carbocycles. The van der Waals surface area contributed by atoms with Gasteiger partial charge in [-0.3, -0.25) is 0 Å². The van der Waals surface area contributed by atoms with Crippen LogP contribution < -0.4 is 0 Å². The number of halogens is 1. The van der Waals surface area contributed by atoms with Gasteiger partial charge in [-0.1, -0.05) is 84.2 Å². The largest absolute Gasteiger partial charge is 0.345 e. The van der Waals surface area contributed by atoms with Crippen LogP contribution >= 0.6 is 11.3 Å². The molecular weight excluding hydrogens is 511 g/mol. The van der Waals surface area contributed by atoms with Gasteiger partial charge in [0.25, 0.3) is 0 Å². The minimum absolute atomic E-state index is 0. The first-order valence-electron chi connectivity index (χ1n) is 13.8. The summed E-state index contributed by atoms with van der Waals surface area (Å²) in [5.74, 6) is 0.920. The number of benzene rings is 3. The minimum Gasteiger partial charge on any atom is -0.345 e. The first-order chi connectivity index (χ1) is 18.4. The SMILES string of the molecule is C.C=C1c2scnc2C=CN1C(C)C.Cc1cc(C)c(C(C)C)cc1F.Cc1cc2ccccc2cc1C(C)C. The zero-order chi connectivity index (χ0) is 28.9. The molecule has 0 N–H and O–H groups in total. The number of thiazole rings is 1. The predicted molar refractivity (Wildman–Crippen MR) is 177 cm³/mol. The van der Waals surface area contributed by atoms with E-state index >= 15 is 0 Å². The van der Waals surface area contributed by atoms with E-state index in [1.165, 1.54) is 32.3 Å². The molecule has 4 aromatic rings. The molecule has 5 rings (SSSR count). The first kappa shape index (κ1) is 33.0. The van der Waals surface area contributed by atoms with Gasteiger partial charge in [0.1, 0.15) is 5.82 Å². The number of aryl methyl sites for hydroxylation is 3. The molecule has 0 spiro atoms. The summed E-state index contributed by atoms with van der Waals surface area (Å²) in [6.45, 7) is 23.1. The van der Waals surface area contributed by atoms with Crippen LogP contribution in [0, 0.1) is 26.6 Å². The molecule has 0 saturated heterocycles. The van der Waals surface area contributed by atoms with Crippen molar-refractivity contribution in [2.75, 3.05) is 0 Å². The van der Waals surface area contributed by atoms with Crippen molar-refractivity contribution in [3.05, 3.63) is 111 Å². The highest BCUT2D eigenvalue weighted by Gasteiger charge is 2.19. The van der Waals surface area contributed by atoms with Crippen molar-refractivity contribution in [3.63, 3.8) is 0 Å². The van der Waals surface area contributed by atoms with Gasteiger partial charge in [-0.25, -0.2) is 9.37 Å². The zero-order valence-electron chi connectivity index (χ0n) is 25.0. The highest BCUT2D eigenvalue weighted by Crippen LogP contribution is 2.31. The van der Waals surface area contributed by atoms with Crippen LogP contribution in [0.5, 0.6) is 0 Å². The number of aromatic nitrogens is 1. The fourth-order valence-corrected chi connectivity index (χ4v) is 5.64. The van der Waals surface area contributed by atoms with Gasteiger partial charge in [0.05, 0.1) is 21.8 Å². The number of rotatable bonds is 3. The van der Waals surface area contributed by atoms with Gasteiger partial charge >= 0.3 is 0 Å². The second kappa shape index (κ2) is 14.4. The van der Waals surface area contributed by atoms with Gasteiger partial charge < -0.3 is 4.90 Å². The van der Waals surface area contributed by atoms with Crippen molar-refractivity contribution in [3.8, 4) is 0 Å². The lowest BCUT2D eigenvalue weighted by atomic mass is 9.94. The average Bonchev–Trinajstić information content (AvgIpc) is 3.36. The fraction of sp³-hybridized carbons (Fsp3) is 0.361. The Morgan fingerprint density at radius 3 is 1.93 bits per heavy atom. The van der Waals surface area contributed by atoms with Crippen LogP contribution in [0.3, 0.4) is 0 Å². The Hall–Kier alpha value is -3.24. The molecule has 2 heterocycles. The van der Waals surface area contributed by atoms with Gasteiger partial charge in [-0.2, -0.15) is 0 Å². The van der Waals surface area contributed by atoms with E-state index in [0.29, 0.717) is 17.9 Å². The highest BCUT2D eigenvalue weighted by atomic mass is 32.1. The van der Waals surface area contributed by atoms with E-state index < -0.39 is 0 Å². The molecule has 0 atom stereocenters. The summed E-state index contributed by atoms with van der Waals surface area (Å²) in [6, 6.07) is 17.2. The Morgan fingerprint density at radius 2 is 1.35 bits per heavy atom. The summed E-state index contributed by atoms with van der Waals surface area (Å²) < 4.78 is 13.1. The van der Waals surface area contributed by atoms with Crippen molar-refractivity contribution >= 4 is 33.9 Å². The number of fused-ring (bicyclic) bond motifs is 2. The van der Waals surface area contributed by atoms with E-state index in [4.69, 9.17) is 0 Å². The third-order valence-corrected chi connectivity index (χ3v) is 7.94. The second-order valence-electron chi connectivity index (χ2n) is 11.2. The monoisotopic (exact) mass is 558 g/mol. The maximum absolute atomic E-state index is 13.1. The molecule has 0 radical (unpaired) electrons. The molecule has 2 nitrogen and oxygen atoms in total. The maximum Gasteiger partial charge on any atom is 0.126 e. The quantitative estimate of drug-likeness (QED) is 0.249. The van der Waals surface area contributed by atoms with Crippen LogP contribution in [-0.4, -0.2) is 15.9 Å². The van der Waals surface area contributed by atoms with Crippen LogP contribution in [0.2, 0.25) is 0 Å². The summed E-state index contributed by atoms with van der Waals surface area (Å²) in [6.07, 6.45) is 4.09. The molecule has 1 aliphatic heterocycles. The lowest BCUT2D eigenvalue weighted by Crippen LogP contribution is -2.24. The number of nitrogens with zero attached hydrogens (tertiary/aromatic N) is 2. The molecule has 1 aliphatic rings. The standard InChI is InChI=1S/C14H16.C11H15F.C10H12N2S.CH4/c1-10(2)14-9-13-7-5-4-6-12(13)8-11(14)3;1-7(2)10-6-11(12)9(4)5-8(10)3;1-7(2)12-5-4-9-10(8(12)3)13-6-11-9;/h4-10H,1-3H3;5-7H,1-4H3;4-7H,3H2,1-2H3;1H4. The molecule has 0 bridgehead atoms. The van der Waals surface area contributed by atoms with E-state index in [9.17, 15) is 4.39 Å². The van der Waals surface area contributed by atoms with Crippen molar-refractivity contribution < 1.29 is 4.39 Å². The molecular formula is C36H47FN2S. The third kappa shape index (κ3) is 7.91. The van der Waals surface area contributed by atoms with Crippen LogP contribution in [0.25, 0.3) is 22.5 Å². The minimum atomic E-state index is -0.0932. The van der Waals surface area contributed by atoms with E-state index in [-0.39, 0.29) is 13.2 Å². The molecule has 214 valence electrons. The van der Waals surface area contributed by atoms with Gasteiger partial charge in [0.15, 0.2) is 0 Å². The topological polar surface area (TPSA) is 16.1 Å². The molecule has 0 saturated carbocycles. The summed E-state index contributed by atoms with van der Waals surface area (Å²) in [5, 5.41) is 2.69. The molecule has 1 aromatic heterocycles. The van der Waals surface area contributed by atoms with Crippen LogP contribution in [0.4, 0.5) is 4.39 Å². The lowest BCUT2D eigenvalue weighted by Gasteiger charge is -2.28. The first-order valence-corrected chi connectivity index (χ1v) is 14.6. The Labute approximate surface area is 246 Å². The van der Waals surface area contributed by atoms with E-state index in [1.807, 2.05) is 24.6 Å². The lowest BCUT2D eigenvalue weighted by molar-refractivity contribution is 0.439. The van der Waals surface area contributed by atoms with Gasteiger partial charge in [0.2, 0.25) is 0 Å².